The van der Waals surface area contributed by atoms with Crippen LogP contribution in [0.2, 0.25) is 0 Å². The smallest absolute Gasteiger partial charge is 0.214 e. The van der Waals surface area contributed by atoms with Gasteiger partial charge in [0.2, 0.25) is 5.78 Å². The minimum atomic E-state index is -0.374. The van der Waals surface area contributed by atoms with Crippen LogP contribution in [-0.4, -0.2) is 38.4 Å². The number of nitrogens with two attached hydrogens (primary N) is 1. The Morgan fingerprint density at radius 1 is 1.17 bits per heavy atom. The monoisotopic (exact) mass is 386 g/mol. The average molecular weight is 386 g/mol. The topological polar surface area (TPSA) is 105 Å². The van der Waals surface area contributed by atoms with Crippen LogP contribution >= 0.6 is 0 Å². The Balaban J connectivity index is 1.56. The summed E-state index contributed by atoms with van der Waals surface area (Å²) in [5, 5.41) is 4.64. The molecule has 0 aliphatic carbocycles. The second kappa shape index (κ2) is 6.06. The number of rotatable bonds is 3. The van der Waals surface area contributed by atoms with Gasteiger partial charge in [-0.15, -0.1) is 0 Å². The maximum Gasteiger partial charge on any atom is 0.214 e. The van der Waals surface area contributed by atoms with Crippen LogP contribution in [0.4, 0.5) is 10.2 Å². The Labute approximate surface area is 165 Å². The number of halogens is 1. The molecule has 0 saturated carbocycles. The first-order valence-electron chi connectivity index (χ1n) is 9.04. The number of carbonyl (C=O) groups excluding carboxylic acids is 1. The molecule has 9 heteroatoms. The van der Waals surface area contributed by atoms with Gasteiger partial charge in [-0.1, -0.05) is 5.46 Å². The first-order valence-corrected chi connectivity index (χ1v) is 9.04. The van der Waals surface area contributed by atoms with E-state index in [1.807, 2.05) is 25.1 Å². The quantitative estimate of drug-likeness (QED) is 0.325. The van der Waals surface area contributed by atoms with Crippen molar-refractivity contribution in [3.63, 3.8) is 0 Å². The van der Waals surface area contributed by atoms with E-state index in [4.69, 9.17) is 5.73 Å². The van der Waals surface area contributed by atoms with Gasteiger partial charge >= 0.3 is 0 Å². The van der Waals surface area contributed by atoms with Gasteiger partial charge in [-0.3, -0.25) is 4.79 Å². The number of benzene rings is 2. The standard InChI is InChI=1S/C20H16BFN6O/c1-9-25-15-3-2-11(6-17(15)26-9)28-20(23)13(8-24-28)19(29)18-7-12-14(22)4-10(21)5-16(12)27-18/h2-8,27H,21,23H2,1H3,(H,25,26). The summed E-state index contributed by atoms with van der Waals surface area (Å²) in [7, 11) is 1.80. The summed E-state index contributed by atoms with van der Waals surface area (Å²) in [6.07, 6.45) is 1.42. The maximum absolute atomic E-state index is 14.2. The number of aryl methyl sites for hydroxylation is 1. The molecule has 0 amide bonds. The molecule has 0 saturated heterocycles. The lowest BCUT2D eigenvalue weighted by Crippen LogP contribution is -2.07. The highest BCUT2D eigenvalue weighted by Crippen LogP contribution is 2.24. The van der Waals surface area contributed by atoms with Crippen LogP contribution < -0.4 is 11.2 Å². The van der Waals surface area contributed by atoms with Gasteiger partial charge in [0.05, 0.1) is 34.2 Å². The largest absolute Gasteiger partial charge is 0.383 e. The number of nitrogens with one attached hydrogen (secondary N) is 2. The van der Waals surface area contributed by atoms with E-state index in [1.54, 1.807) is 13.9 Å². The molecule has 4 N–H and O–H groups in total. The van der Waals surface area contributed by atoms with Crippen LogP contribution in [-0.2, 0) is 0 Å². The van der Waals surface area contributed by atoms with Gasteiger partial charge in [-0.25, -0.2) is 14.1 Å². The fraction of sp³-hybridized carbons (Fsp3) is 0.0500. The van der Waals surface area contributed by atoms with Gasteiger partial charge in [0, 0.05) is 10.9 Å². The summed E-state index contributed by atoms with van der Waals surface area (Å²) in [5.41, 5.74) is 10.5. The number of hydrogen-bond donors (Lipinski definition) is 3. The number of H-pyrrole nitrogens is 2. The number of anilines is 1. The Bertz CT molecular complexity index is 1430. The lowest BCUT2D eigenvalue weighted by molar-refractivity contribution is 0.103. The Morgan fingerprint density at radius 3 is 2.83 bits per heavy atom. The van der Waals surface area contributed by atoms with E-state index in [9.17, 15) is 9.18 Å². The zero-order chi connectivity index (χ0) is 20.3. The molecule has 0 atom stereocenters. The molecule has 3 heterocycles. The number of fused-ring (bicyclic) bond motifs is 2. The predicted octanol–water partition coefficient (Wildman–Crippen LogP) is 1.75. The minimum absolute atomic E-state index is 0.205. The van der Waals surface area contributed by atoms with Crippen molar-refractivity contribution in [2.45, 2.75) is 6.92 Å². The lowest BCUT2D eigenvalue weighted by Gasteiger charge is -2.05. The van der Waals surface area contributed by atoms with E-state index >= 15 is 0 Å². The van der Waals surface area contributed by atoms with Crippen molar-refractivity contribution in [1.29, 1.82) is 0 Å². The number of aromatic nitrogens is 5. The molecule has 0 aliphatic heterocycles. The molecule has 0 bridgehead atoms. The van der Waals surface area contributed by atoms with Crippen LogP contribution in [0, 0.1) is 12.7 Å². The van der Waals surface area contributed by atoms with Gasteiger partial charge in [-0.05, 0) is 43.3 Å². The highest BCUT2D eigenvalue weighted by molar-refractivity contribution is 6.33. The fourth-order valence-electron chi connectivity index (χ4n) is 3.59. The van der Waals surface area contributed by atoms with Crippen molar-refractivity contribution in [2.24, 2.45) is 0 Å². The van der Waals surface area contributed by atoms with Crippen LogP contribution in [0.5, 0.6) is 0 Å². The molecule has 7 nitrogen and oxygen atoms in total. The molecule has 0 aliphatic rings. The molecule has 142 valence electrons. The number of aromatic amines is 2. The zero-order valence-electron chi connectivity index (χ0n) is 15.7. The first-order chi connectivity index (χ1) is 13.9. The zero-order valence-corrected chi connectivity index (χ0v) is 15.7. The van der Waals surface area contributed by atoms with Crippen molar-refractivity contribution in [1.82, 2.24) is 24.7 Å². The lowest BCUT2D eigenvalue weighted by atomic mass is 9.95. The molecular formula is C20H16BFN6O. The fourth-order valence-corrected chi connectivity index (χ4v) is 3.59. The van der Waals surface area contributed by atoms with E-state index < -0.39 is 0 Å². The molecule has 29 heavy (non-hydrogen) atoms. The molecule has 5 rings (SSSR count). The molecule has 3 aromatic heterocycles. The van der Waals surface area contributed by atoms with E-state index in [0.717, 1.165) is 22.3 Å². The van der Waals surface area contributed by atoms with Gasteiger partial charge < -0.3 is 15.7 Å². The number of imidazole rings is 1. The third-order valence-electron chi connectivity index (χ3n) is 4.96. The van der Waals surface area contributed by atoms with Crippen LogP contribution in [0.15, 0.2) is 42.6 Å². The van der Waals surface area contributed by atoms with E-state index in [-0.39, 0.29) is 28.7 Å². The Hall–Kier alpha value is -3.88. The van der Waals surface area contributed by atoms with Crippen LogP contribution in [0.1, 0.15) is 21.9 Å². The molecule has 5 aromatic rings. The Morgan fingerprint density at radius 2 is 2.00 bits per heavy atom. The molecule has 0 fully saturated rings. The summed E-state index contributed by atoms with van der Waals surface area (Å²) in [5.74, 6) is 0.292. The van der Waals surface area contributed by atoms with Gasteiger partial charge in [0.1, 0.15) is 25.3 Å². The third kappa shape index (κ3) is 2.70. The summed E-state index contributed by atoms with van der Waals surface area (Å²) in [4.78, 5) is 23.5. The summed E-state index contributed by atoms with van der Waals surface area (Å²) in [6, 6.07) is 10.3. The van der Waals surface area contributed by atoms with Gasteiger partial charge in [-0.2, -0.15) is 5.10 Å². The van der Waals surface area contributed by atoms with Crippen molar-refractivity contribution in [2.75, 3.05) is 5.73 Å². The highest BCUT2D eigenvalue weighted by atomic mass is 19.1. The summed E-state index contributed by atoms with van der Waals surface area (Å²) in [6.45, 7) is 1.88. The second-order valence-electron chi connectivity index (χ2n) is 7.10. The van der Waals surface area contributed by atoms with Gasteiger partial charge in [0.25, 0.3) is 0 Å². The number of carbonyl (C=O) groups is 1. The number of nitrogen functional groups attached to an aromatic ring is 1. The SMILES string of the molecule is Bc1cc(F)c2cc(C(=O)c3cnn(-c4ccc5[nH]c(C)nc5c4)c3N)[nH]c2c1. The molecular weight excluding hydrogens is 370 g/mol. The average Bonchev–Trinajstić information content (AvgIpc) is 3.36. The Kier molecular flexibility index (Phi) is 3.60. The highest BCUT2D eigenvalue weighted by Gasteiger charge is 2.20. The second-order valence-corrected chi connectivity index (χ2v) is 7.10. The molecule has 2 aromatic carbocycles. The first kappa shape index (κ1) is 17.2. The van der Waals surface area contributed by atoms with Gasteiger partial charge in [0.15, 0.2) is 0 Å². The normalized spacial score (nSPS) is 11.5. The van der Waals surface area contributed by atoms with Crippen molar-refractivity contribution < 1.29 is 9.18 Å². The number of ketones is 1. The van der Waals surface area contributed by atoms with Crippen molar-refractivity contribution in [3.8, 4) is 5.69 Å². The molecule has 0 radical (unpaired) electrons. The van der Waals surface area contributed by atoms with Crippen molar-refractivity contribution >= 4 is 46.8 Å². The number of nitrogens with zero attached hydrogens (tertiary/aromatic N) is 3. The summed E-state index contributed by atoms with van der Waals surface area (Å²) < 4.78 is 15.7. The third-order valence-corrected chi connectivity index (χ3v) is 4.96. The van der Waals surface area contributed by atoms with Crippen LogP contribution in [0.3, 0.4) is 0 Å². The summed E-state index contributed by atoms with van der Waals surface area (Å²) >= 11 is 0. The van der Waals surface area contributed by atoms with Crippen LogP contribution in [0.25, 0.3) is 27.6 Å². The van der Waals surface area contributed by atoms with Crippen molar-refractivity contribution in [3.05, 3.63) is 65.5 Å². The predicted molar refractivity (Wildman–Crippen MR) is 112 cm³/mol. The maximum atomic E-state index is 14.2. The van der Waals surface area contributed by atoms with E-state index in [0.29, 0.717) is 16.6 Å². The molecule has 0 spiro atoms. The minimum Gasteiger partial charge on any atom is -0.383 e. The number of hydrogen-bond acceptors (Lipinski definition) is 4. The molecule has 0 unspecified atom stereocenters. The van der Waals surface area contributed by atoms with E-state index in [1.165, 1.54) is 23.0 Å². The van der Waals surface area contributed by atoms with E-state index in [2.05, 4.69) is 20.1 Å².